The van der Waals surface area contributed by atoms with Crippen molar-refractivity contribution in [3.8, 4) is 0 Å². The van der Waals surface area contributed by atoms with Gasteiger partial charge in [0, 0.05) is 25.6 Å². The van der Waals surface area contributed by atoms with E-state index in [0.717, 1.165) is 18.1 Å². The smallest absolute Gasteiger partial charge is 0.237 e. The summed E-state index contributed by atoms with van der Waals surface area (Å²) in [5.74, 6) is 1.11. The summed E-state index contributed by atoms with van der Waals surface area (Å²) >= 11 is 0. The molecular weight excluding hydrogens is 290 g/mol. The van der Waals surface area contributed by atoms with E-state index in [1.807, 2.05) is 18.2 Å². The second kappa shape index (κ2) is 6.96. The molecular formula is C18H23N3O2. The Kier molecular flexibility index (Phi) is 4.76. The van der Waals surface area contributed by atoms with Crippen LogP contribution >= 0.6 is 0 Å². The van der Waals surface area contributed by atoms with Crippen molar-refractivity contribution in [1.82, 2.24) is 15.2 Å². The van der Waals surface area contributed by atoms with Crippen LogP contribution in [0.2, 0.25) is 0 Å². The Morgan fingerprint density at radius 2 is 2.13 bits per heavy atom. The normalized spacial score (nSPS) is 19.1. The van der Waals surface area contributed by atoms with E-state index in [1.54, 1.807) is 6.26 Å². The zero-order chi connectivity index (χ0) is 16.2. The standard InChI is InChI=1S/C18H23N3O2/c1-13(2)18-20-15(12-23-18)11-21-9-8-19-17(22)16(21)10-14-6-4-3-5-7-14/h3-7,12-13,16H,8-11H2,1-2H3,(H,19,22)/t16-/m0/s1. The van der Waals surface area contributed by atoms with E-state index in [0.29, 0.717) is 19.5 Å². The van der Waals surface area contributed by atoms with Crippen LogP contribution in [0.5, 0.6) is 0 Å². The molecule has 1 aromatic carbocycles. The molecule has 0 radical (unpaired) electrons. The zero-order valence-electron chi connectivity index (χ0n) is 13.7. The van der Waals surface area contributed by atoms with Crippen molar-refractivity contribution in [2.75, 3.05) is 13.1 Å². The van der Waals surface area contributed by atoms with Crippen molar-refractivity contribution < 1.29 is 9.21 Å². The molecule has 5 nitrogen and oxygen atoms in total. The van der Waals surface area contributed by atoms with Gasteiger partial charge in [0.15, 0.2) is 5.89 Å². The van der Waals surface area contributed by atoms with E-state index in [-0.39, 0.29) is 17.9 Å². The minimum Gasteiger partial charge on any atom is -0.448 e. The maximum Gasteiger partial charge on any atom is 0.237 e. The molecule has 1 aromatic heterocycles. The number of hydrogen-bond donors (Lipinski definition) is 1. The quantitative estimate of drug-likeness (QED) is 0.920. The highest BCUT2D eigenvalue weighted by molar-refractivity contribution is 5.82. The lowest BCUT2D eigenvalue weighted by Crippen LogP contribution is -2.55. The number of piperazine rings is 1. The Hall–Kier alpha value is -2.14. The number of nitrogens with zero attached hydrogens (tertiary/aromatic N) is 2. The van der Waals surface area contributed by atoms with Gasteiger partial charge < -0.3 is 9.73 Å². The molecule has 1 aliphatic rings. The Bertz CT molecular complexity index is 651. The van der Waals surface area contributed by atoms with Gasteiger partial charge in [0.1, 0.15) is 6.26 Å². The summed E-state index contributed by atoms with van der Waals surface area (Å²) < 4.78 is 5.51. The molecule has 2 heterocycles. The summed E-state index contributed by atoms with van der Waals surface area (Å²) in [5, 5.41) is 2.97. The first-order chi connectivity index (χ1) is 11.1. The molecule has 23 heavy (non-hydrogen) atoms. The van der Waals surface area contributed by atoms with Crippen LogP contribution in [0.3, 0.4) is 0 Å². The minimum atomic E-state index is -0.162. The predicted molar refractivity (Wildman–Crippen MR) is 87.9 cm³/mol. The number of oxazole rings is 1. The van der Waals surface area contributed by atoms with Crippen molar-refractivity contribution in [3.05, 3.63) is 53.7 Å². The Labute approximate surface area is 136 Å². The highest BCUT2D eigenvalue weighted by Gasteiger charge is 2.30. The number of nitrogens with one attached hydrogen (secondary N) is 1. The third-order valence-electron chi connectivity index (χ3n) is 4.14. The second-order valence-electron chi connectivity index (χ2n) is 6.30. The molecule has 0 unspecified atom stereocenters. The molecule has 5 heteroatoms. The highest BCUT2D eigenvalue weighted by atomic mass is 16.3. The number of hydrogen-bond acceptors (Lipinski definition) is 4. The molecule has 1 atom stereocenters. The first-order valence-corrected chi connectivity index (χ1v) is 8.13. The van der Waals surface area contributed by atoms with Crippen molar-refractivity contribution in [2.24, 2.45) is 0 Å². The average Bonchev–Trinajstić information content (AvgIpc) is 3.01. The fraction of sp³-hybridized carbons (Fsp3) is 0.444. The summed E-state index contributed by atoms with van der Waals surface area (Å²) in [6.07, 6.45) is 2.42. The molecule has 0 bridgehead atoms. The van der Waals surface area contributed by atoms with Gasteiger partial charge in [0.05, 0.1) is 11.7 Å². The van der Waals surface area contributed by atoms with Crippen molar-refractivity contribution in [1.29, 1.82) is 0 Å². The number of carbonyl (C=O) groups is 1. The first-order valence-electron chi connectivity index (χ1n) is 8.13. The summed E-state index contributed by atoms with van der Waals surface area (Å²) in [4.78, 5) is 19.0. The zero-order valence-corrected chi connectivity index (χ0v) is 13.7. The largest absolute Gasteiger partial charge is 0.448 e. The van der Waals surface area contributed by atoms with Gasteiger partial charge in [-0.15, -0.1) is 0 Å². The molecule has 0 saturated carbocycles. The van der Waals surface area contributed by atoms with Crippen LogP contribution in [-0.2, 0) is 17.8 Å². The monoisotopic (exact) mass is 313 g/mol. The van der Waals surface area contributed by atoms with Gasteiger partial charge in [-0.3, -0.25) is 9.69 Å². The van der Waals surface area contributed by atoms with Crippen LogP contribution in [0.25, 0.3) is 0 Å². The Balaban J connectivity index is 1.73. The average molecular weight is 313 g/mol. The Morgan fingerprint density at radius 3 is 2.83 bits per heavy atom. The van der Waals surface area contributed by atoms with Crippen LogP contribution in [-0.4, -0.2) is 34.9 Å². The van der Waals surface area contributed by atoms with Crippen LogP contribution in [0, 0.1) is 0 Å². The molecule has 1 saturated heterocycles. The third kappa shape index (κ3) is 3.79. The molecule has 1 N–H and O–H groups in total. The van der Waals surface area contributed by atoms with E-state index >= 15 is 0 Å². The summed E-state index contributed by atoms with van der Waals surface area (Å²) in [7, 11) is 0. The van der Waals surface area contributed by atoms with Crippen LogP contribution in [0.4, 0.5) is 0 Å². The van der Waals surface area contributed by atoms with Gasteiger partial charge >= 0.3 is 0 Å². The predicted octanol–water partition coefficient (Wildman–Crippen LogP) is 2.34. The van der Waals surface area contributed by atoms with Gasteiger partial charge in [0.25, 0.3) is 0 Å². The maximum atomic E-state index is 12.3. The fourth-order valence-corrected chi connectivity index (χ4v) is 2.88. The van der Waals surface area contributed by atoms with Crippen LogP contribution in [0.1, 0.15) is 36.9 Å². The number of carbonyl (C=O) groups excluding carboxylic acids is 1. The van der Waals surface area contributed by atoms with Crippen molar-refractivity contribution >= 4 is 5.91 Å². The fourth-order valence-electron chi connectivity index (χ4n) is 2.88. The number of amides is 1. The SMILES string of the molecule is CC(C)c1nc(CN2CCNC(=O)[C@@H]2Cc2ccccc2)co1. The minimum absolute atomic E-state index is 0.0904. The third-order valence-corrected chi connectivity index (χ3v) is 4.14. The van der Waals surface area contributed by atoms with Gasteiger partial charge in [-0.05, 0) is 12.0 Å². The van der Waals surface area contributed by atoms with Crippen molar-refractivity contribution in [3.63, 3.8) is 0 Å². The molecule has 1 aliphatic heterocycles. The highest BCUT2D eigenvalue weighted by Crippen LogP contribution is 2.18. The van der Waals surface area contributed by atoms with E-state index in [9.17, 15) is 4.79 Å². The number of rotatable bonds is 5. The Morgan fingerprint density at radius 1 is 1.35 bits per heavy atom. The van der Waals surface area contributed by atoms with Crippen molar-refractivity contribution in [2.45, 2.75) is 38.8 Å². The van der Waals surface area contributed by atoms with Gasteiger partial charge in [-0.25, -0.2) is 4.98 Å². The summed E-state index contributed by atoms with van der Waals surface area (Å²) in [5.41, 5.74) is 2.06. The summed E-state index contributed by atoms with van der Waals surface area (Å²) in [6, 6.07) is 9.97. The van der Waals surface area contributed by atoms with Crippen LogP contribution in [0.15, 0.2) is 41.0 Å². The molecule has 1 amide bonds. The van der Waals surface area contributed by atoms with Crippen LogP contribution < -0.4 is 5.32 Å². The topological polar surface area (TPSA) is 58.4 Å². The van der Waals surface area contributed by atoms with Gasteiger partial charge in [-0.2, -0.15) is 0 Å². The molecule has 1 fully saturated rings. The lowest BCUT2D eigenvalue weighted by Gasteiger charge is -2.34. The molecule has 2 aromatic rings. The molecule has 122 valence electrons. The maximum absolute atomic E-state index is 12.3. The van der Waals surface area contributed by atoms with Gasteiger partial charge in [0.2, 0.25) is 5.91 Å². The van der Waals surface area contributed by atoms with E-state index in [4.69, 9.17) is 4.42 Å². The van der Waals surface area contributed by atoms with E-state index in [1.165, 1.54) is 5.56 Å². The lowest BCUT2D eigenvalue weighted by atomic mass is 10.0. The molecule has 3 rings (SSSR count). The van der Waals surface area contributed by atoms with Gasteiger partial charge in [-0.1, -0.05) is 44.2 Å². The summed E-state index contributed by atoms with van der Waals surface area (Å²) in [6.45, 7) is 6.26. The molecule has 0 spiro atoms. The first kappa shape index (κ1) is 15.7. The lowest BCUT2D eigenvalue weighted by molar-refractivity contribution is -0.129. The van der Waals surface area contributed by atoms with E-state index < -0.39 is 0 Å². The second-order valence-corrected chi connectivity index (χ2v) is 6.30. The number of benzene rings is 1. The van der Waals surface area contributed by atoms with E-state index in [2.05, 4.69) is 41.2 Å². The molecule has 0 aliphatic carbocycles. The number of aromatic nitrogens is 1.